The number of benzene rings is 5. The van der Waals surface area contributed by atoms with Gasteiger partial charge in [0.1, 0.15) is 11.5 Å². The molecular formula is C34H12F12O2. The lowest BCUT2D eigenvalue weighted by Gasteiger charge is -2.12. The summed E-state index contributed by atoms with van der Waals surface area (Å²) in [5.74, 6) is -11.5. The molecule has 14 heteroatoms. The van der Waals surface area contributed by atoms with Crippen molar-refractivity contribution < 1.29 is 62.2 Å². The Morgan fingerprint density at radius 3 is 1.35 bits per heavy atom. The van der Waals surface area contributed by atoms with Crippen LogP contribution in [0.25, 0.3) is 22.3 Å². The Bertz CT molecular complexity index is 2400. The van der Waals surface area contributed by atoms with E-state index in [2.05, 4.69) is 9.47 Å². The quantitative estimate of drug-likeness (QED) is 0.137. The molecule has 5 aromatic carbocycles. The van der Waals surface area contributed by atoms with Crippen molar-refractivity contribution in [2.75, 3.05) is 0 Å². The van der Waals surface area contributed by atoms with Gasteiger partial charge >= 0.3 is 12.7 Å². The SMILES string of the molecule is Fc1cc(C2=c3cc4c(cc3-c3ccc(OC(F)(F)F)cc32)=c2ccc(OC(F)(F)F)cc2=C4c2cc(F)c(F)c(F)c2)cc(F)c1F. The normalized spacial score (nSPS) is 13.3. The van der Waals surface area contributed by atoms with Gasteiger partial charge in [-0.25, -0.2) is 26.3 Å². The van der Waals surface area contributed by atoms with Crippen molar-refractivity contribution in [3.63, 3.8) is 0 Å². The highest BCUT2D eigenvalue weighted by Crippen LogP contribution is 2.41. The predicted molar refractivity (Wildman–Crippen MR) is 144 cm³/mol. The summed E-state index contributed by atoms with van der Waals surface area (Å²) in [6.07, 6.45) is -10.2. The van der Waals surface area contributed by atoms with E-state index in [1.54, 1.807) is 0 Å². The first-order valence-electron chi connectivity index (χ1n) is 13.5. The second-order valence-electron chi connectivity index (χ2n) is 10.7. The van der Waals surface area contributed by atoms with Crippen molar-refractivity contribution in [1.29, 1.82) is 0 Å². The van der Waals surface area contributed by atoms with Gasteiger partial charge in [-0.3, -0.25) is 0 Å². The van der Waals surface area contributed by atoms with Gasteiger partial charge in [-0.2, -0.15) is 0 Å². The highest BCUT2D eigenvalue weighted by molar-refractivity contribution is 5.97. The fraction of sp³-hybridized carbons (Fsp3) is 0.0588. The van der Waals surface area contributed by atoms with Gasteiger partial charge in [0.05, 0.1) is 0 Å². The Morgan fingerprint density at radius 2 is 0.833 bits per heavy atom. The molecule has 0 amide bonds. The molecule has 0 aliphatic heterocycles. The minimum Gasteiger partial charge on any atom is -0.406 e. The molecule has 244 valence electrons. The summed E-state index contributed by atoms with van der Waals surface area (Å²) in [6.45, 7) is 0. The number of hydrogen-bond donors (Lipinski definition) is 0. The largest absolute Gasteiger partial charge is 0.573 e. The van der Waals surface area contributed by atoms with Crippen LogP contribution >= 0.6 is 0 Å². The maximum absolute atomic E-state index is 14.5. The van der Waals surface area contributed by atoms with E-state index >= 15 is 0 Å². The van der Waals surface area contributed by atoms with E-state index in [0.717, 1.165) is 24.3 Å². The molecule has 0 spiro atoms. The number of alkyl halides is 6. The van der Waals surface area contributed by atoms with Crippen LogP contribution in [0.4, 0.5) is 52.7 Å². The average Bonchev–Trinajstić information content (AvgIpc) is 3.46. The van der Waals surface area contributed by atoms with Gasteiger partial charge in [-0.15, -0.1) is 26.3 Å². The third-order valence-electron chi connectivity index (χ3n) is 7.81. The summed E-state index contributed by atoms with van der Waals surface area (Å²) in [7, 11) is 0. The maximum Gasteiger partial charge on any atom is 0.573 e. The molecule has 0 radical (unpaired) electrons. The average molecular weight is 680 g/mol. The zero-order valence-corrected chi connectivity index (χ0v) is 23.3. The van der Waals surface area contributed by atoms with E-state index in [4.69, 9.17) is 0 Å². The van der Waals surface area contributed by atoms with E-state index < -0.39 is 59.1 Å². The predicted octanol–water partition coefficient (Wildman–Crippen LogP) is 8.39. The van der Waals surface area contributed by atoms with Crippen molar-refractivity contribution in [1.82, 2.24) is 0 Å². The van der Waals surface area contributed by atoms with Crippen molar-refractivity contribution in [2.24, 2.45) is 0 Å². The second-order valence-corrected chi connectivity index (χ2v) is 10.7. The molecule has 0 fully saturated rings. The van der Waals surface area contributed by atoms with Crippen LogP contribution in [0.15, 0.2) is 72.8 Å². The van der Waals surface area contributed by atoms with Crippen molar-refractivity contribution in [3.05, 3.63) is 151 Å². The van der Waals surface area contributed by atoms with Crippen molar-refractivity contribution in [2.45, 2.75) is 12.7 Å². The van der Waals surface area contributed by atoms with Gasteiger partial charge in [0.2, 0.25) is 0 Å². The lowest BCUT2D eigenvalue weighted by molar-refractivity contribution is -0.275. The molecule has 0 saturated carbocycles. The molecule has 2 nitrogen and oxygen atoms in total. The fourth-order valence-electron chi connectivity index (χ4n) is 6.10. The Morgan fingerprint density at radius 1 is 0.375 bits per heavy atom. The van der Waals surface area contributed by atoms with Gasteiger partial charge in [0, 0.05) is 0 Å². The highest BCUT2D eigenvalue weighted by Gasteiger charge is 2.34. The van der Waals surface area contributed by atoms with Crippen molar-refractivity contribution in [3.8, 4) is 22.6 Å². The van der Waals surface area contributed by atoms with Crippen LogP contribution in [0.2, 0.25) is 0 Å². The Labute approximate surface area is 259 Å². The molecule has 0 saturated heterocycles. The minimum absolute atomic E-state index is 0.0181. The molecule has 0 atom stereocenters. The van der Waals surface area contributed by atoms with Crippen LogP contribution in [0.3, 0.4) is 0 Å². The molecule has 48 heavy (non-hydrogen) atoms. The van der Waals surface area contributed by atoms with E-state index in [1.165, 1.54) is 24.3 Å². The van der Waals surface area contributed by atoms with Gasteiger partial charge in [0.15, 0.2) is 34.9 Å². The van der Waals surface area contributed by atoms with Crippen molar-refractivity contribution >= 4 is 11.1 Å². The van der Waals surface area contributed by atoms with E-state index in [0.29, 0.717) is 24.3 Å². The van der Waals surface area contributed by atoms with Crippen LogP contribution in [0.5, 0.6) is 11.5 Å². The maximum atomic E-state index is 14.5. The molecule has 2 aliphatic carbocycles. The lowest BCUT2D eigenvalue weighted by atomic mass is 9.94. The Hall–Kier alpha value is -5.40. The summed E-state index contributed by atoms with van der Waals surface area (Å²) in [5.41, 5.74) is -0.245. The van der Waals surface area contributed by atoms with E-state index in [1.807, 2.05) is 0 Å². The van der Waals surface area contributed by atoms with E-state index in [-0.39, 0.29) is 65.4 Å². The van der Waals surface area contributed by atoms with Gasteiger partial charge in [-0.1, -0.05) is 12.1 Å². The Kier molecular flexibility index (Phi) is 6.86. The first-order valence-corrected chi connectivity index (χ1v) is 13.5. The first-order chi connectivity index (χ1) is 22.5. The molecule has 2 aliphatic rings. The zero-order chi connectivity index (χ0) is 34.4. The molecule has 0 bridgehead atoms. The first kappa shape index (κ1) is 31.2. The van der Waals surface area contributed by atoms with Gasteiger partial charge in [-0.05, 0) is 126 Å². The summed E-state index contributed by atoms with van der Waals surface area (Å²) in [5, 5.41) is 0.573. The summed E-state index contributed by atoms with van der Waals surface area (Å²) in [4.78, 5) is 0. The number of fused-ring (bicyclic) bond motifs is 5. The van der Waals surface area contributed by atoms with Crippen LogP contribution in [-0.2, 0) is 0 Å². The minimum atomic E-state index is -5.11. The summed E-state index contributed by atoms with van der Waals surface area (Å²) >= 11 is 0. The standard InChI is InChI=1S/C34H12F12O2/c35-25-5-13(6-26(36)31(25)39)29-21-9-15(47-33(41,42)43)1-3-17(21)19-11-20-18-4-2-16(48-34(44,45)46)10-22(18)30(24(20)12-23(19)29)14-7-27(37)32(40)28(38)8-14/h1-12H. The topological polar surface area (TPSA) is 18.5 Å². The third-order valence-corrected chi connectivity index (χ3v) is 7.81. The highest BCUT2D eigenvalue weighted by atomic mass is 19.4. The van der Waals surface area contributed by atoms with Gasteiger partial charge in [0.25, 0.3) is 0 Å². The van der Waals surface area contributed by atoms with Crippen LogP contribution < -0.4 is 19.9 Å². The Balaban J connectivity index is 1.60. The molecular weight excluding hydrogens is 668 g/mol. The zero-order valence-electron chi connectivity index (χ0n) is 23.3. The smallest absolute Gasteiger partial charge is 0.406 e. The molecule has 7 rings (SSSR count). The summed E-state index contributed by atoms with van der Waals surface area (Å²) < 4.78 is 173. The van der Waals surface area contributed by atoms with Crippen LogP contribution in [0, 0.1) is 45.3 Å². The number of ether oxygens (including phenoxy) is 2. The number of hydrogen-bond acceptors (Lipinski definition) is 2. The van der Waals surface area contributed by atoms with Crippen LogP contribution in [-0.4, -0.2) is 12.7 Å². The molecule has 0 aromatic heterocycles. The molecule has 0 N–H and O–H groups in total. The number of halogens is 12. The summed E-state index contributed by atoms with van der Waals surface area (Å²) in [6, 6.07) is 11.6. The molecule has 0 heterocycles. The van der Waals surface area contributed by atoms with Crippen LogP contribution in [0.1, 0.15) is 22.3 Å². The third kappa shape index (κ3) is 5.20. The van der Waals surface area contributed by atoms with E-state index in [9.17, 15) is 52.7 Å². The fourth-order valence-corrected chi connectivity index (χ4v) is 6.10. The molecule has 5 aromatic rings. The molecule has 0 unspecified atom stereocenters. The lowest BCUT2D eigenvalue weighted by Crippen LogP contribution is -2.18. The number of rotatable bonds is 4. The second kappa shape index (κ2) is 10.6. The monoisotopic (exact) mass is 680 g/mol. The van der Waals surface area contributed by atoms with Gasteiger partial charge < -0.3 is 9.47 Å².